The number of rotatable bonds is 4. The minimum atomic E-state index is -0.182. The lowest BCUT2D eigenvalue weighted by Crippen LogP contribution is -2.58. The van der Waals surface area contributed by atoms with Crippen molar-refractivity contribution in [3.05, 3.63) is 29.3 Å². The second-order valence-electron chi connectivity index (χ2n) is 13.0. The van der Waals surface area contributed by atoms with Crippen LogP contribution in [-0.4, -0.2) is 27.4 Å². The fraction of sp³-hybridized carbons (Fsp3) is 0.767. The molecule has 3 nitrogen and oxygen atoms in total. The molecule has 0 unspecified atom stereocenters. The summed E-state index contributed by atoms with van der Waals surface area (Å²) >= 11 is 1.85. The van der Waals surface area contributed by atoms with Gasteiger partial charge in [-0.3, -0.25) is 0 Å². The maximum Gasteiger partial charge on any atom is 0.0938 e. The quantitative estimate of drug-likeness (QED) is 0.502. The predicted octanol–water partition coefficient (Wildman–Crippen LogP) is 6.86. The Bertz CT molecular complexity index is 1000. The summed E-state index contributed by atoms with van der Waals surface area (Å²) in [5, 5.41) is 23.4. The van der Waals surface area contributed by atoms with Gasteiger partial charge in [0.1, 0.15) is 0 Å². The van der Waals surface area contributed by atoms with Crippen molar-refractivity contribution in [2.24, 2.45) is 46.3 Å². The zero-order valence-corrected chi connectivity index (χ0v) is 22.1. The average Bonchev–Trinajstić information content (AvgIpc) is 3.40. The lowest BCUT2D eigenvalue weighted by Gasteiger charge is -2.62. The van der Waals surface area contributed by atoms with Crippen molar-refractivity contribution in [1.82, 2.24) is 4.98 Å². The van der Waals surface area contributed by atoms with Crippen LogP contribution in [0.4, 0.5) is 0 Å². The minimum Gasteiger partial charge on any atom is -0.393 e. The zero-order valence-electron chi connectivity index (χ0n) is 21.2. The molecule has 1 aromatic heterocycles. The van der Waals surface area contributed by atoms with E-state index in [9.17, 15) is 10.2 Å². The standard InChI is InChI=1S/C30H43NO2S/c1-18(8-13-28-31-25-6-4-5-7-26(25)34-28)22-11-12-23-21-10-9-19-16-20(32)14-15-29(19,2)24(21)17-27(33)30(22,23)3/h4-7,18-24,27,32-33H,8-17H2,1-3H3/t18-,19-,20-,21+,22-,23+,24+,27+,29+,30-/m1/s1. The van der Waals surface area contributed by atoms with Crippen molar-refractivity contribution in [2.75, 3.05) is 0 Å². The molecule has 0 radical (unpaired) electrons. The molecule has 4 fully saturated rings. The van der Waals surface area contributed by atoms with Crippen molar-refractivity contribution in [2.45, 2.75) is 97.2 Å². The normalized spacial score (nSPS) is 44.9. The first-order valence-electron chi connectivity index (χ1n) is 14.0. The first kappa shape index (κ1) is 23.4. The van der Waals surface area contributed by atoms with Crippen LogP contribution in [0, 0.1) is 46.3 Å². The van der Waals surface area contributed by atoms with Gasteiger partial charge in [0.05, 0.1) is 27.4 Å². The van der Waals surface area contributed by atoms with Crippen LogP contribution in [0.3, 0.4) is 0 Å². The van der Waals surface area contributed by atoms with Gasteiger partial charge in [0.2, 0.25) is 0 Å². The number of aliphatic hydroxyl groups is 2. The Balaban J connectivity index is 1.18. The molecule has 10 atom stereocenters. The first-order chi connectivity index (χ1) is 16.3. The number of aliphatic hydroxyl groups excluding tert-OH is 2. The number of hydrogen-bond donors (Lipinski definition) is 2. The summed E-state index contributed by atoms with van der Waals surface area (Å²) < 4.78 is 1.30. The third kappa shape index (κ3) is 3.53. The fourth-order valence-corrected chi connectivity index (χ4v) is 10.7. The van der Waals surface area contributed by atoms with Crippen LogP contribution in [0.15, 0.2) is 24.3 Å². The summed E-state index contributed by atoms with van der Waals surface area (Å²) in [6.07, 6.45) is 11.2. The van der Waals surface area contributed by atoms with Crippen molar-refractivity contribution in [3.8, 4) is 0 Å². The zero-order chi connectivity index (χ0) is 23.7. The van der Waals surface area contributed by atoms with E-state index in [4.69, 9.17) is 4.98 Å². The van der Waals surface area contributed by atoms with Gasteiger partial charge in [-0.25, -0.2) is 4.98 Å². The fourth-order valence-electron chi connectivity index (χ4n) is 9.74. The van der Waals surface area contributed by atoms with Gasteiger partial charge in [0.25, 0.3) is 0 Å². The highest BCUT2D eigenvalue weighted by atomic mass is 32.1. The Morgan fingerprint density at radius 3 is 2.68 bits per heavy atom. The number of thiazole rings is 1. The Kier molecular flexibility index (Phi) is 5.90. The van der Waals surface area contributed by atoms with Crippen LogP contribution in [0.25, 0.3) is 10.2 Å². The highest BCUT2D eigenvalue weighted by Crippen LogP contribution is 2.68. The highest BCUT2D eigenvalue weighted by Gasteiger charge is 2.63. The lowest BCUT2D eigenvalue weighted by molar-refractivity contribution is -0.174. The summed E-state index contributed by atoms with van der Waals surface area (Å²) in [5.74, 6) is 3.96. The molecule has 4 aliphatic carbocycles. The van der Waals surface area contributed by atoms with E-state index in [0.29, 0.717) is 35.0 Å². The average molecular weight is 482 g/mol. The molecule has 2 aromatic rings. The van der Waals surface area contributed by atoms with Crippen LogP contribution in [0.1, 0.15) is 83.6 Å². The van der Waals surface area contributed by atoms with E-state index < -0.39 is 0 Å². The Labute approximate surface area is 209 Å². The Morgan fingerprint density at radius 1 is 1.03 bits per heavy atom. The van der Waals surface area contributed by atoms with E-state index >= 15 is 0 Å². The molecule has 0 saturated heterocycles. The molecule has 4 aliphatic rings. The molecular weight excluding hydrogens is 438 g/mol. The van der Waals surface area contributed by atoms with Crippen molar-refractivity contribution < 1.29 is 10.2 Å². The molecule has 0 bridgehead atoms. The second kappa shape index (κ2) is 8.56. The van der Waals surface area contributed by atoms with E-state index in [1.165, 1.54) is 41.8 Å². The van der Waals surface area contributed by atoms with Gasteiger partial charge >= 0.3 is 0 Å². The molecule has 4 saturated carbocycles. The third-order valence-electron chi connectivity index (χ3n) is 11.7. The summed E-state index contributed by atoms with van der Waals surface area (Å²) in [7, 11) is 0. The van der Waals surface area contributed by atoms with Gasteiger partial charge in [-0.05, 0) is 123 Å². The molecule has 0 amide bonds. The molecule has 1 heterocycles. The molecule has 0 aliphatic heterocycles. The van der Waals surface area contributed by atoms with Gasteiger partial charge in [0.15, 0.2) is 0 Å². The summed E-state index contributed by atoms with van der Waals surface area (Å²) in [4.78, 5) is 4.88. The SMILES string of the molecule is C[C@H](CCc1nc2ccccc2s1)[C@H]1CC[C@H]2[C@@H]3CC[C@@H]4C[C@H](O)CC[C@]4(C)[C@H]3C[C@H](O)[C@]12C. The number of aromatic nitrogens is 1. The van der Waals surface area contributed by atoms with Crippen molar-refractivity contribution in [3.63, 3.8) is 0 Å². The monoisotopic (exact) mass is 481 g/mol. The van der Waals surface area contributed by atoms with Gasteiger partial charge < -0.3 is 10.2 Å². The topological polar surface area (TPSA) is 53.4 Å². The third-order valence-corrected chi connectivity index (χ3v) is 12.8. The molecule has 2 N–H and O–H groups in total. The number of benzene rings is 1. The van der Waals surface area contributed by atoms with Gasteiger partial charge in [-0.1, -0.05) is 32.9 Å². The number of aryl methyl sites for hydroxylation is 1. The number of nitrogens with zero attached hydrogens (tertiary/aromatic N) is 1. The van der Waals surface area contributed by atoms with E-state index in [1.807, 2.05) is 11.3 Å². The largest absolute Gasteiger partial charge is 0.393 e. The molecular formula is C30H43NO2S. The summed E-state index contributed by atoms with van der Waals surface area (Å²) in [6.45, 7) is 7.43. The Morgan fingerprint density at radius 2 is 1.85 bits per heavy atom. The van der Waals surface area contributed by atoms with Gasteiger partial charge in [-0.2, -0.15) is 0 Å². The smallest absolute Gasteiger partial charge is 0.0938 e. The van der Waals surface area contributed by atoms with E-state index in [1.54, 1.807) is 0 Å². The van der Waals surface area contributed by atoms with Crippen LogP contribution in [-0.2, 0) is 6.42 Å². The summed E-state index contributed by atoms with van der Waals surface area (Å²) in [5.41, 5.74) is 1.52. The predicted molar refractivity (Wildman–Crippen MR) is 140 cm³/mol. The number of hydrogen-bond acceptors (Lipinski definition) is 4. The molecule has 186 valence electrons. The van der Waals surface area contributed by atoms with E-state index in [-0.39, 0.29) is 17.6 Å². The number of fused-ring (bicyclic) bond motifs is 6. The molecule has 1 aromatic carbocycles. The maximum absolute atomic E-state index is 11.8. The van der Waals surface area contributed by atoms with Crippen LogP contribution >= 0.6 is 11.3 Å². The maximum atomic E-state index is 11.8. The van der Waals surface area contributed by atoms with Crippen molar-refractivity contribution >= 4 is 21.6 Å². The molecule has 6 rings (SSSR count). The van der Waals surface area contributed by atoms with E-state index in [0.717, 1.165) is 43.5 Å². The minimum absolute atomic E-state index is 0.0611. The van der Waals surface area contributed by atoms with Crippen LogP contribution in [0.2, 0.25) is 0 Å². The Hall–Kier alpha value is -0.970. The van der Waals surface area contributed by atoms with Crippen molar-refractivity contribution in [1.29, 1.82) is 0 Å². The molecule has 4 heteroatoms. The van der Waals surface area contributed by atoms with Gasteiger partial charge in [-0.15, -0.1) is 11.3 Å². The second-order valence-corrected chi connectivity index (χ2v) is 14.1. The lowest BCUT2D eigenvalue weighted by atomic mass is 9.43. The molecule has 34 heavy (non-hydrogen) atoms. The van der Waals surface area contributed by atoms with Crippen LogP contribution in [0.5, 0.6) is 0 Å². The number of para-hydroxylation sites is 1. The van der Waals surface area contributed by atoms with Gasteiger partial charge in [0, 0.05) is 0 Å². The first-order valence-corrected chi connectivity index (χ1v) is 14.8. The highest BCUT2D eigenvalue weighted by molar-refractivity contribution is 7.18. The van der Waals surface area contributed by atoms with Crippen LogP contribution < -0.4 is 0 Å². The summed E-state index contributed by atoms with van der Waals surface area (Å²) in [6, 6.07) is 8.49. The van der Waals surface area contributed by atoms with E-state index in [2.05, 4.69) is 45.0 Å². The molecule has 0 spiro atoms.